The molecule has 0 radical (unpaired) electrons. The summed E-state index contributed by atoms with van der Waals surface area (Å²) in [5.41, 5.74) is 2.63. The molecule has 3 nitrogen and oxygen atoms in total. The van der Waals surface area contributed by atoms with Crippen LogP contribution in [0.25, 0.3) is 6.08 Å². The fraction of sp³-hybridized carbons (Fsp3) is 0.111. The van der Waals surface area contributed by atoms with Gasteiger partial charge in [0.15, 0.2) is 5.17 Å². The number of thioether (sulfide) groups is 1. The number of amides is 1. The summed E-state index contributed by atoms with van der Waals surface area (Å²) in [4.78, 5) is 17.1. The van der Waals surface area contributed by atoms with Gasteiger partial charge in [0.1, 0.15) is 5.82 Å². The van der Waals surface area contributed by atoms with E-state index in [4.69, 9.17) is 0 Å². The van der Waals surface area contributed by atoms with E-state index < -0.39 is 0 Å². The van der Waals surface area contributed by atoms with Gasteiger partial charge >= 0.3 is 0 Å². The van der Waals surface area contributed by atoms with E-state index in [1.165, 1.54) is 23.9 Å². The summed E-state index contributed by atoms with van der Waals surface area (Å²) in [6.07, 6.45) is 2.54. The fourth-order valence-electron chi connectivity index (χ4n) is 2.26. The van der Waals surface area contributed by atoms with Crippen molar-refractivity contribution in [3.05, 3.63) is 70.4 Å². The van der Waals surface area contributed by atoms with Crippen molar-refractivity contribution in [2.45, 2.75) is 13.3 Å². The topological polar surface area (TPSA) is 41.5 Å². The Labute approximate surface area is 138 Å². The number of rotatable bonds is 3. The number of halogens is 1. The van der Waals surface area contributed by atoms with E-state index >= 15 is 0 Å². The minimum atomic E-state index is -0.325. The highest BCUT2D eigenvalue weighted by molar-refractivity contribution is 8.18. The van der Waals surface area contributed by atoms with Crippen molar-refractivity contribution in [1.82, 2.24) is 5.32 Å². The van der Waals surface area contributed by atoms with E-state index in [1.807, 2.05) is 24.3 Å². The van der Waals surface area contributed by atoms with Crippen LogP contribution in [0, 0.1) is 5.82 Å². The van der Waals surface area contributed by atoms with Gasteiger partial charge in [-0.2, -0.15) is 0 Å². The molecule has 0 aliphatic carbocycles. The summed E-state index contributed by atoms with van der Waals surface area (Å²) in [6.45, 7) is 2.06. The molecule has 2 aromatic rings. The summed E-state index contributed by atoms with van der Waals surface area (Å²) < 4.78 is 13.2. The van der Waals surface area contributed by atoms with Crippen LogP contribution in [0.5, 0.6) is 0 Å². The third-order valence-corrected chi connectivity index (χ3v) is 4.30. The summed E-state index contributed by atoms with van der Waals surface area (Å²) in [5, 5.41) is 3.29. The first kappa shape index (κ1) is 15.5. The third-order valence-electron chi connectivity index (χ3n) is 3.39. The van der Waals surface area contributed by atoms with Gasteiger partial charge in [-0.05, 0) is 53.6 Å². The molecule has 1 saturated heterocycles. The summed E-state index contributed by atoms with van der Waals surface area (Å²) in [6, 6.07) is 14.0. The van der Waals surface area contributed by atoms with Crippen LogP contribution < -0.4 is 5.32 Å². The van der Waals surface area contributed by atoms with Gasteiger partial charge in [0.05, 0.1) is 10.6 Å². The molecule has 2 aromatic carbocycles. The van der Waals surface area contributed by atoms with Crippen molar-refractivity contribution in [3.8, 4) is 0 Å². The van der Waals surface area contributed by atoms with Gasteiger partial charge in [0.25, 0.3) is 5.91 Å². The van der Waals surface area contributed by atoms with Crippen LogP contribution in [0.15, 0.2) is 58.4 Å². The normalized spacial score (nSPS) is 17.7. The molecule has 23 heavy (non-hydrogen) atoms. The first-order valence-corrected chi connectivity index (χ1v) is 8.10. The lowest BCUT2D eigenvalue weighted by Crippen LogP contribution is -2.19. The van der Waals surface area contributed by atoms with Gasteiger partial charge in [-0.1, -0.05) is 37.3 Å². The second-order valence-electron chi connectivity index (χ2n) is 5.02. The third kappa shape index (κ3) is 3.68. The van der Waals surface area contributed by atoms with Crippen LogP contribution in [-0.4, -0.2) is 11.1 Å². The maximum absolute atomic E-state index is 13.2. The lowest BCUT2D eigenvalue weighted by molar-refractivity contribution is -0.115. The van der Waals surface area contributed by atoms with Crippen molar-refractivity contribution in [2.24, 2.45) is 4.99 Å². The zero-order chi connectivity index (χ0) is 16.2. The van der Waals surface area contributed by atoms with Gasteiger partial charge in [-0.3, -0.25) is 4.79 Å². The van der Waals surface area contributed by atoms with E-state index in [-0.39, 0.29) is 11.7 Å². The van der Waals surface area contributed by atoms with E-state index in [0.717, 1.165) is 17.7 Å². The van der Waals surface area contributed by atoms with E-state index in [1.54, 1.807) is 18.2 Å². The number of carbonyl (C=O) groups is 1. The number of carbonyl (C=O) groups excluding carboxylic acids is 1. The Hall–Kier alpha value is -2.40. The Balaban J connectivity index is 1.86. The molecule has 5 heteroatoms. The largest absolute Gasteiger partial charge is 0.300 e. The summed E-state index contributed by atoms with van der Waals surface area (Å²) in [7, 11) is 0. The molecule has 0 unspecified atom stereocenters. The number of aliphatic imine (C=N–C) groups is 1. The predicted molar refractivity (Wildman–Crippen MR) is 93.0 cm³/mol. The predicted octanol–water partition coefficient (Wildman–Crippen LogP) is 4.28. The SMILES string of the molecule is CCc1ccccc1N=C1NC(=O)/C(=C/c2cccc(F)c2)S1. The number of benzene rings is 2. The molecule has 0 aromatic heterocycles. The van der Waals surface area contributed by atoms with Crippen LogP contribution in [-0.2, 0) is 11.2 Å². The van der Waals surface area contributed by atoms with Crippen LogP contribution >= 0.6 is 11.8 Å². The second-order valence-corrected chi connectivity index (χ2v) is 6.05. The Morgan fingerprint density at radius 1 is 1.22 bits per heavy atom. The van der Waals surface area contributed by atoms with E-state index in [2.05, 4.69) is 17.2 Å². The van der Waals surface area contributed by atoms with Gasteiger partial charge in [0.2, 0.25) is 0 Å². The minimum absolute atomic E-state index is 0.216. The van der Waals surface area contributed by atoms with Gasteiger partial charge in [0, 0.05) is 0 Å². The molecule has 1 amide bonds. The molecule has 0 bridgehead atoms. The number of aryl methyl sites for hydroxylation is 1. The van der Waals surface area contributed by atoms with Crippen LogP contribution in [0.1, 0.15) is 18.1 Å². The number of hydrogen-bond acceptors (Lipinski definition) is 3. The molecule has 1 heterocycles. The van der Waals surface area contributed by atoms with Crippen LogP contribution in [0.2, 0.25) is 0 Å². The first-order valence-electron chi connectivity index (χ1n) is 7.29. The zero-order valence-corrected chi connectivity index (χ0v) is 13.4. The minimum Gasteiger partial charge on any atom is -0.300 e. The summed E-state index contributed by atoms with van der Waals surface area (Å²) in [5.74, 6) is -0.541. The highest BCUT2D eigenvalue weighted by Gasteiger charge is 2.24. The molecule has 1 N–H and O–H groups in total. The Morgan fingerprint density at radius 2 is 2.04 bits per heavy atom. The number of amidine groups is 1. The molecule has 1 aliphatic rings. The monoisotopic (exact) mass is 326 g/mol. The van der Waals surface area contributed by atoms with Crippen molar-refractivity contribution in [3.63, 3.8) is 0 Å². The lowest BCUT2D eigenvalue weighted by Gasteiger charge is -2.02. The number of nitrogens with one attached hydrogen (secondary N) is 1. The second kappa shape index (κ2) is 6.79. The highest BCUT2D eigenvalue weighted by Crippen LogP contribution is 2.29. The van der Waals surface area contributed by atoms with Gasteiger partial charge < -0.3 is 5.32 Å². The Bertz CT molecular complexity index is 814. The Morgan fingerprint density at radius 3 is 2.83 bits per heavy atom. The molecule has 1 fully saturated rings. The number of para-hydroxylation sites is 1. The highest BCUT2D eigenvalue weighted by atomic mass is 32.2. The fourth-order valence-corrected chi connectivity index (χ4v) is 3.09. The van der Waals surface area contributed by atoms with E-state index in [0.29, 0.717) is 15.6 Å². The molecule has 3 rings (SSSR count). The smallest absolute Gasteiger partial charge is 0.264 e. The number of nitrogens with zero attached hydrogens (tertiary/aromatic N) is 1. The van der Waals surface area contributed by atoms with Crippen molar-refractivity contribution in [2.75, 3.05) is 0 Å². The maximum atomic E-state index is 13.2. The molecule has 0 spiro atoms. The Kier molecular flexibility index (Phi) is 4.57. The van der Waals surface area contributed by atoms with Crippen LogP contribution in [0.3, 0.4) is 0 Å². The van der Waals surface area contributed by atoms with Crippen molar-refractivity contribution < 1.29 is 9.18 Å². The quantitative estimate of drug-likeness (QED) is 0.855. The molecule has 0 saturated carbocycles. The molecule has 1 aliphatic heterocycles. The number of hydrogen-bond donors (Lipinski definition) is 1. The molecule has 116 valence electrons. The average Bonchev–Trinajstić information content (AvgIpc) is 2.87. The zero-order valence-electron chi connectivity index (χ0n) is 12.5. The molecular weight excluding hydrogens is 311 g/mol. The summed E-state index contributed by atoms with van der Waals surface area (Å²) >= 11 is 1.26. The van der Waals surface area contributed by atoms with Crippen molar-refractivity contribution >= 4 is 34.6 Å². The van der Waals surface area contributed by atoms with Crippen molar-refractivity contribution in [1.29, 1.82) is 0 Å². The van der Waals surface area contributed by atoms with E-state index in [9.17, 15) is 9.18 Å². The van der Waals surface area contributed by atoms with Gasteiger partial charge in [-0.15, -0.1) is 0 Å². The molecule has 0 atom stereocenters. The first-order chi connectivity index (χ1) is 11.2. The maximum Gasteiger partial charge on any atom is 0.264 e. The van der Waals surface area contributed by atoms with Gasteiger partial charge in [-0.25, -0.2) is 9.38 Å². The lowest BCUT2D eigenvalue weighted by atomic mass is 10.1. The average molecular weight is 326 g/mol. The van der Waals surface area contributed by atoms with Crippen LogP contribution in [0.4, 0.5) is 10.1 Å². The standard InChI is InChI=1S/C18H15FN2OS/c1-2-13-7-3-4-9-15(13)20-18-21-17(22)16(23-18)11-12-6-5-8-14(19)10-12/h3-11H,2H2,1H3,(H,20,21,22)/b16-11-. The molecular formula is C18H15FN2OS.